The lowest BCUT2D eigenvalue weighted by atomic mass is 10.4. The van der Waals surface area contributed by atoms with Gasteiger partial charge in [-0.2, -0.15) is 22.0 Å². The average molecular weight is 258 g/mol. The summed E-state index contributed by atoms with van der Waals surface area (Å²) in [5.74, 6) is -6.69. The molecule has 0 N–H and O–H groups in total. The summed E-state index contributed by atoms with van der Waals surface area (Å²) < 4.78 is 71.8. The van der Waals surface area contributed by atoms with E-state index in [0.29, 0.717) is 0 Å². The van der Waals surface area contributed by atoms with Gasteiger partial charge in [-0.15, -0.1) is 0 Å². The number of halogens is 5. The second-order valence-electron chi connectivity index (χ2n) is 3.01. The van der Waals surface area contributed by atoms with Crippen molar-refractivity contribution in [3.63, 3.8) is 0 Å². The molecular formula is C9H7F5OS. The first-order valence-corrected chi connectivity index (χ1v) is 5.44. The Morgan fingerprint density at radius 1 is 1.00 bits per heavy atom. The van der Waals surface area contributed by atoms with Crippen molar-refractivity contribution < 1.29 is 26.5 Å². The van der Waals surface area contributed by atoms with Gasteiger partial charge in [-0.05, 0) is 23.3 Å². The molecule has 7 heteroatoms. The molecule has 0 aliphatic carbocycles. The van der Waals surface area contributed by atoms with Crippen molar-refractivity contribution in [1.82, 2.24) is 0 Å². The van der Waals surface area contributed by atoms with Gasteiger partial charge >= 0.3 is 12.1 Å². The molecule has 0 radical (unpaired) electrons. The van der Waals surface area contributed by atoms with Gasteiger partial charge in [-0.3, -0.25) is 0 Å². The van der Waals surface area contributed by atoms with E-state index in [1.165, 1.54) is 24.3 Å². The van der Waals surface area contributed by atoms with Gasteiger partial charge in [0.05, 0.1) is 0 Å². The zero-order valence-electron chi connectivity index (χ0n) is 7.80. The van der Waals surface area contributed by atoms with Crippen LogP contribution in [0.3, 0.4) is 0 Å². The molecule has 0 fully saturated rings. The predicted molar refractivity (Wildman–Crippen MR) is 48.7 cm³/mol. The Morgan fingerprint density at radius 2 is 1.50 bits per heavy atom. The Labute approximate surface area is 91.4 Å². The highest BCUT2D eigenvalue weighted by atomic mass is 32.2. The molecule has 0 bridgehead atoms. The van der Waals surface area contributed by atoms with Crippen molar-refractivity contribution in [2.45, 2.75) is 17.0 Å². The highest BCUT2D eigenvalue weighted by molar-refractivity contribution is 7.91. The maximum atomic E-state index is 12.5. The lowest BCUT2D eigenvalue weighted by molar-refractivity contribution is -0.271. The van der Waals surface area contributed by atoms with Crippen LogP contribution in [0.15, 0.2) is 35.2 Å². The van der Waals surface area contributed by atoms with Crippen LogP contribution in [0.2, 0.25) is 0 Å². The van der Waals surface area contributed by atoms with Crippen molar-refractivity contribution in [3.05, 3.63) is 30.3 Å². The van der Waals surface area contributed by atoms with Gasteiger partial charge in [0.15, 0.2) is 10.6 Å². The Balaban J connectivity index is 2.76. The fraction of sp³-hybridized carbons (Fsp3) is 0.333. The van der Waals surface area contributed by atoms with Gasteiger partial charge in [-0.25, -0.2) is 0 Å². The minimum Gasteiger partial charge on any atom is -0.611 e. The van der Waals surface area contributed by atoms with Crippen LogP contribution in [0.4, 0.5) is 22.0 Å². The summed E-state index contributed by atoms with van der Waals surface area (Å²) in [6.45, 7) is 0. The molecule has 1 aromatic carbocycles. The number of alkyl halides is 5. The van der Waals surface area contributed by atoms with Gasteiger partial charge in [-0.1, -0.05) is 18.2 Å². The summed E-state index contributed by atoms with van der Waals surface area (Å²) in [5, 5.41) is 0. The summed E-state index contributed by atoms with van der Waals surface area (Å²) in [5.41, 5.74) is 0. The van der Waals surface area contributed by atoms with Crippen LogP contribution < -0.4 is 0 Å². The number of rotatable bonds is 3. The van der Waals surface area contributed by atoms with Gasteiger partial charge in [0.25, 0.3) is 0 Å². The largest absolute Gasteiger partial charge is 0.611 e. The van der Waals surface area contributed by atoms with Crippen molar-refractivity contribution in [2.24, 2.45) is 0 Å². The molecular weight excluding hydrogens is 251 g/mol. The minimum atomic E-state index is -5.67. The Bertz CT molecular complexity index is 338. The molecule has 90 valence electrons. The third kappa shape index (κ3) is 3.08. The van der Waals surface area contributed by atoms with E-state index in [0.717, 1.165) is 0 Å². The van der Waals surface area contributed by atoms with E-state index in [2.05, 4.69) is 0 Å². The number of benzene rings is 1. The van der Waals surface area contributed by atoms with Crippen molar-refractivity contribution in [3.8, 4) is 0 Å². The molecule has 0 aromatic heterocycles. The second kappa shape index (κ2) is 4.58. The summed E-state index contributed by atoms with van der Waals surface area (Å²) in [6, 6.07) is 6.85. The topological polar surface area (TPSA) is 23.1 Å². The maximum absolute atomic E-state index is 12.5. The molecule has 1 atom stereocenters. The number of hydrogen-bond donors (Lipinski definition) is 0. The fourth-order valence-electron chi connectivity index (χ4n) is 0.902. The predicted octanol–water partition coefficient (Wildman–Crippen LogP) is 2.99. The SMILES string of the molecule is [O-][S+](CC(F)(F)C(F)(F)F)c1ccccc1. The lowest BCUT2D eigenvalue weighted by Crippen LogP contribution is -2.42. The number of hydrogen-bond acceptors (Lipinski definition) is 1. The molecule has 0 saturated heterocycles. The standard InChI is InChI=1S/C9H7F5OS/c10-8(11,9(12,13)14)6-16(15)7-4-2-1-3-5-7/h1-5H,6H2. The monoisotopic (exact) mass is 258 g/mol. The quantitative estimate of drug-likeness (QED) is 0.603. The zero-order chi connectivity index (χ0) is 12.4. The highest BCUT2D eigenvalue weighted by Gasteiger charge is 2.60. The first-order valence-electron chi connectivity index (χ1n) is 4.12. The molecule has 16 heavy (non-hydrogen) atoms. The first kappa shape index (κ1) is 13.2. The van der Waals surface area contributed by atoms with E-state index in [4.69, 9.17) is 0 Å². The van der Waals surface area contributed by atoms with Crippen LogP contribution in [-0.2, 0) is 11.2 Å². The van der Waals surface area contributed by atoms with E-state index < -0.39 is 29.0 Å². The van der Waals surface area contributed by atoms with Crippen LogP contribution in [0.1, 0.15) is 0 Å². The van der Waals surface area contributed by atoms with Crippen molar-refractivity contribution in [2.75, 3.05) is 5.75 Å². The molecule has 0 aliphatic rings. The van der Waals surface area contributed by atoms with E-state index >= 15 is 0 Å². The van der Waals surface area contributed by atoms with Gasteiger partial charge in [0.2, 0.25) is 0 Å². The van der Waals surface area contributed by atoms with Crippen LogP contribution in [0, 0.1) is 0 Å². The molecule has 1 nitrogen and oxygen atoms in total. The summed E-state index contributed by atoms with van der Waals surface area (Å²) in [4.78, 5) is -0.0496. The van der Waals surface area contributed by atoms with Crippen molar-refractivity contribution >= 4 is 11.2 Å². The molecule has 0 amide bonds. The van der Waals surface area contributed by atoms with E-state index in [1.54, 1.807) is 6.07 Å². The van der Waals surface area contributed by atoms with Gasteiger partial charge < -0.3 is 4.55 Å². The molecule has 1 aromatic rings. The fourth-order valence-corrected chi connectivity index (χ4v) is 2.02. The second-order valence-corrected chi connectivity index (χ2v) is 4.46. The lowest BCUT2D eigenvalue weighted by Gasteiger charge is -2.20. The van der Waals surface area contributed by atoms with Gasteiger partial charge in [0.1, 0.15) is 0 Å². The maximum Gasteiger partial charge on any atom is 0.458 e. The van der Waals surface area contributed by atoms with Crippen LogP contribution >= 0.6 is 0 Å². The zero-order valence-corrected chi connectivity index (χ0v) is 8.62. The third-order valence-electron chi connectivity index (χ3n) is 1.73. The van der Waals surface area contributed by atoms with Crippen LogP contribution in [0.5, 0.6) is 0 Å². The molecule has 1 rings (SSSR count). The van der Waals surface area contributed by atoms with E-state index in [-0.39, 0.29) is 4.90 Å². The van der Waals surface area contributed by atoms with E-state index in [9.17, 15) is 26.5 Å². The molecule has 0 spiro atoms. The normalized spacial score (nSPS) is 14.9. The van der Waals surface area contributed by atoms with Crippen molar-refractivity contribution in [1.29, 1.82) is 0 Å². The summed E-state index contributed by atoms with van der Waals surface area (Å²) >= 11 is -2.37. The third-order valence-corrected chi connectivity index (χ3v) is 3.16. The first-order chi connectivity index (χ1) is 7.24. The molecule has 1 unspecified atom stereocenters. The Hall–Kier alpha value is -0.820. The van der Waals surface area contributed by atoms with E-state index in [1.807, 2.05) is 0 Å². The van der Waals surface area contributed by atoms with Crippen LogP contribution in [-0.4, -0.2) is 22.4 Å². The molecule has 0 heterocycles. The minimum absolute atomic E-state index is 0.0496. The summed E-state index contributed by atoms with van der Waals surface area (Å²) in [6.07, 6.45) is -5.67. The summed E-state index contributed by atoms with van der Waals surface area (Å²) in [7, 11) is 0. The highest BCUT2D eigenvalue weighted by Crippen LogP contribution is 2.37. The Kier molecular flexibility index (Phi) is 3.80. The Morgan fingerprint density at radius 3 is 1.94 bits per heavy atom. The smallest absolute Gasteiger partial charge is 0.458 e. The molecule has 0 saturated carbocycles. The van der Waals surface area contributed by atoms with Gasteiger partial charge in [0, 0.05) is 0 Å². The molecule has 0 aliphatic heterocycles. The van der Waals surface area contributed by atoms with Crippen LogP contribution in [0.25, 0.3) is 0 Å². The average Bonchev–Trinajstić information content (AvgIpc) is 2.16.